The highest BCUT2D eigenvalue weighted by Crippen LogP contribution is 2.27. The van der Waals surface area contributed by atoms with E-state index in [4.69, 9.17) is 5.73 Å². The molecule has 0 unspecified atom stereocenters. The molecule has 2 aromatic rings. The topological polar surface area (TPSA) is 125 Å². The number of likely N-dealkylation sites (tertiary alicyclic amines) is 2. The lowest BCUT2D eigenvalue weighted by Gasteiger charge is -2.37. The number of nitrogens with two attached hydrogens (primary N) is 1. The van der Waals surface area contributed by atoms with Crippen molar-refractivity contribution in [3.05, 3.63) is 24.3 Å². The molecule has 10 heteroatoms. The number of anilines is 1. The largest absolute Gasteiger partial charge is 0.476 e. The number of nitrogen functional groups attached to an aromatic ring is 1. The van der Waals surface area contributed by atoms with Crippen LogP contribution in [-0.2, 0) is 0 Å². The van der Waals surface area contributed by atoms with Gasteiger partial charge in [-0.15, -0.1) is 0 Å². The minimum Gasteiger partial charge on any atom is -0.476 e. The molecule has 36 heavy (non-hydrogen) atoms. The Bertz CT molecular complexity index is 1010. The van der Waals surface area contributed by atoms with Crippen LogP contribution in [0.3, 0.4) is 0 Å². The average molecular weight is 497 g/mol. The summed E-state index contributed by atoms with van der Waals surface area (Å²) in [6, 6.07) is 0.355. The number of carboxylic acids is 1. The highest BCUT2D eigenvalue weighted by Gasteiger charge is 2.25. The number of hydrogen-bond acceptors (Lipinski definition) is 8. The number of rotatable bonds is 8. The molecule has 4 N–H and O–H groups in total. The Balaban J connectivity index is 1.04. The Morgan fingerprint density at radius 2 is 1.72 bits per heavy atom. The number of carbonyl (C=O) groups is 1. The molecule has 0 atom stereocenters. The Labute approximate surface area is 213 Å². The molecule has 3 saturated heterocycles. The third-order valence-corrected chi connectivity index (χ3v) is 8.37. The van der Waals surface area contributed by atoms with E-state index in [0.29, 0.717) is 11.7 Å². The van der Waals surface area contributed by atoms with Crippen molar-refractivity contribution < 1.29 is 9.90 Å². The molecule has 3 aliphatic rings. The molecule has 196 valence electrons. The Kier molecular flexibility index (Phi) is 8.13. The van der Waals surface area contributed by atoms with Gasteiger partial charge in [-0.3, -0.25) is 4.68 Å². The molecule has 2 aromatic heterocycles. The van der Waals surface area contributed by atoms with E-state index >= 15 is 0 Å². The molecule has 3 fully saturated rings. The van der Waals surface area contributed by atoms with Gasteiger partial charge in [-0.05, 0) is 89.5 Å². The van der Waals surface area contributed by atoms with Crippen LogP contribution in [0.25, 0.3) is 11.3 Å². The van der Waals surface area contributed by atoms with Gasteiger partial charge in [-0.25, -0.2) is 14.8 Å². The van der Waals surface area contributed by atoms with Crippen LogP contribution >= 0.6 is 0 Å². The summed E-state index contributed by atoms with van der Waals surface area (Å²) in [5.41, 5.74) is 6.65. The fourth-order valence-corrected chi connectivity index (χ4v) is 6.02. The lowest BCUT2D eigenvalue weighted by molar-refractivity contribution is 0.0691. The number of aromatic nitrogens is 4. The number of nitrogens with one attached hydrogen (secondary N) is 1. The highest BCUT2D eigenvalue weighted by molar-refractivity contribution is 5.90. The van der Waals surface area contributed by atoms with Gasteiger partial charge in [0.15, 0.2) is 11.5 Å². The first-order valence-electron chi connectivity index (χ1n) is 13.6. The van der Waals surface area contributed by atoms with Crippen LogP contribution in [-0.4, -0.2) is 93.0 Å². The maximum atomic E-state index is 11.3. The predicted molar refractivity (Wildman–Crippen MR) is 139 cm³/mol. The van der Waals surface area contributed by atoms with Crippen LogP contribution in [0.1, 0.15) is 61.5 Å². The van der Waals surface area contributed by atoms with Crippen LogP contribution < -0.4 is 11.1 Å². The van der Waals surface area contributed by atoms with E-state index in [1.807, 2.05) is 10.9 Å². The van der Waals surface area contributed by atoms with Gasteiger partial charge in [-0.2, -0.15) is 5.10 Å². The zero-order chi connectivity index (χ0) is 24.9. The van der Waals surface area contributed by atoms with E-state index in [2.05, 4.69) is 30.2 Å². The van der Waals surface area contributed by atoms with E-state index in [1.54, 1.807) is 6.20 Å². The summed E-state index contributed by atoms with van der Waals surface area (Å²) in [5, 5.41) is 17.3. The number of nitrogens with zero attached hydrogens (tertiary/aromatic N) is 6. The van der Waals surface area contributed by atoms with Gasteiger partial charge in [-0.1, -0.05) is 0 Å². The average Bonchev–Trinajstić information content (AvgIpc) is 3.40. The number of carboxylic acid groups (broad SMARTS) is 1. The van der Waals surface area contributed by atoms with Crippen molar-refractivity contribution in [3.8, 4) is 11.3 Å². The van der Waals surface area contributed by atoms with Gasteiger partial charge in [0.2, 0.25) is 0 Å². The van der Waals surface area contributed by atoms with Crippen LogP contribution in [0.2, 0.25) is 0 Å². The second kappa shape index (κ2) is 11.7. The summed E-state index contributed by atoms with van der Waals surface area (Å²) in [6.07, 6.45) is 14.0. The Morgan fingerprint density at radius 1 is 1.00 bits per heavy atom. The fraction of sp³-hybridized carbons (Fsp3) is 0.692. The molecule has 0 saturated carbocycles. The summed E-state index contributed by atoms with van der Waals surface area (Å²) in [7, 11) is 0. The molecule has 10 nitrogen and oxygen atoms in total. The minimum absolute atomic E-state index is 0.0752. The van der Waals surface area contributed by atoms with Crippen LogP contribution in [0, 0.1) is 11.8 Å². The van der Waals surface area contributed by atoms with Crippen molar-refractivity contribution in [1.82, 2.24) is 34.9 Å². The molecule has 5 rings (SSSR count). The molecular weight excluding hydrogens is 456 g/mol. The van der Waals surface area contributed by atoms with E-state index in [9.17, 15) is 9.90 Å². The summed E-state index contributed by atoms with van der Waals surface area (Å²) < 4.78 is 2.00. The van der Waals surface area contributed by atoms with Gasteiger partial charge in [0, 0.05) is 31.4 Å². The normalized spacial score (nSPS) is 21.7. The SMILES string of the molecule is Nc1ncc(-c2cnn(C3CCN(CCC4CCN(CC5CCNCC5)CC4)CC3)c2)nc1C(=O)O. The maximum absolute atomic E-state index is 11.3. The molecule has 3 aliphatic heterocycles. The highest BCUT2D eigenvalue weighted by atomic mass is 16.4. The molecule has 5 heterocycles. The fourth-order valence-electron chi connectivity index (χ4n) is 6.02. The summed E-state index contributed by atoms with van der Waals surface area (Å²) in [5.74, 6) is 0.521. The van der Waals surface area contributed by atoms with Crippen molar-refractivity contribution in [2.24, 2.45) is 11.8 Å². The first-order valence-corrected chi connectivity index (χ1v) is 13.6. The second-order valence-electron chi connectivity index (χ2n) is 10.8. The van der Waals surface area contributed by atoms with Crippen molar-refractivity contribution >= 4 is 11.8 Å². The van der Waals surface area contributed by atoms with Gasteiger partial charge in [0.25, 0.3) is 0 Å². The van der Waals surface area contributed by atoms with Crippen molar-refractivity contribution in [3.63, 3.8) is 0 Å². The van der Waals surface area contributed by atoms with Crippen molar-refractivity contribution in [2.75, 3.05) is 58.1 Å². The van der Waals surface area contributed by atoms with Gasteiger partial charge >= 0.3 is 5.97 Å². The maximum Gasteiger partial charge on any atom is 0.358 e. The van der Waals surface area contributed by atoms with Crippen molar-refractivity contribution in [2.45, 2.75) is 51.0 Å². The van der Waals surface area contributed by atoms with Gasteiger partial charge in [0.1, 0.15) is 0 Å². The minimum atomic E-state index is -1.18. The smallest absolute Gasteiger partial charge is 0.358 e. The lowest BCUT2D eigenvalue weighted by atomic mass is 9.91. The van der Waals surface area contributed by atoms with E-state index < -0.39 is 5.97 Å². The quantitative estimate of drug-likeness (QED) is 0.505. The van der Waals surface area contributed by atoms with Crippen LogP contribution in [0.4, 0.5) is 5.82 Å². The van der Waals surface area contributed by atoms with E-state index in [-0.39, 0.29) is 11.5 Å². The molecule has 0 radical (unpaired) electrons. The molecule has 0 aromatic carbocycles. The Hall–Kier alpha value is -2.56. The third-order valence-electron chi connectivity index (χ3n) is 8.37. The first-order chi connectivity index (χ1) is 17.5. The zero-order valence-electron chi connectivity index (χ0n) is 21.2. The number of hydrogen-bond donors (Lipinski definition) is 3. The second-order valence-corrected chi connectivity index (χ2v) is 10.8. The lowest BCUT2D eigenvalue weighted by Crippen LogP contribution is -2.41. The number of piperidine rings is 3. The summed E-state index contributed by atoms with van der Waals surface area (Å²) in [6.45, 7) is 9.67. The van der Waals surface area contributed by atoms with Gasteiger partial charge < -0.3 is 26.0 Å². The molecular formula is C26H40N8O2. The standard InChI is InChI=1S/C26H40N8O2/c27-25-24(26(35)36)31-23(16-29-25)21-15-30-34(18-21)22-6-13-32(14-7-22)10-3-19-4-11-33(12-5-19)17-20-1-8-28-9-2-20/h15-16,18-20,22,28H,1-14,17H2,(H2,27,29)(H,35,36). The first kappa shape index (κ1) is 25.1. The summed E-state index contributed by atoms with van der Waals surface area (Å²) >= 11 is 0. The van der Waals surface area contributed by atoms with Gasteiger partial charge in [0.05, 0.1) is 24.1 Å². The zero-order valence-corrected chi connectivity index (χ0v) is 21.2. The van der Waals surface area contributed by atoms with Crippen LogP contribution in [0.15, 0.2) is 18.6 Å². The van der Waals surface area contributed by atoms with Crippen molar-refractivity contribution in [1.29, 1.82) is 0 Å². The van der Waals surface area contributed by atoms with E-state index in [1.165, 1.54) is 77.6 Å². The third kappa shape index (κ3) is 6.22. The summed E-state index contributed by atoms with van der Waals surface area (Å²) in [4.78, 5) is 24.8. The van der Waals surface area contributed by atoms with E-state index in [0.717, 1.165) is 43.3 Å². The number of aromatic carboxylic acids is 1. The molecule has 0 spiro atoms. The molecule has 0 bridgehead atoms. The Morgan fingerprint density at radius 3 is 2.44 bits per heavy atom. The molecule has 0 amide bonds. The predicted octanol–water partition coefficient (Wildman–Crippen LogP) is 2.36. The monoisotopic (exact) mass is 496 g/mol. The molecule has 0 aliphatic carbocycles. The van der Waals surface area contributed by atoms with Crippen LogP contribution in [0.5, 0.6) is 0 Å².